The molecule has 78 valence electrons. The molecule has 1 heterocycles. The van der Waals surface area contributed by atoms with E-state index in [0.29, 0.717) is 19.3 Å². The minimum absolute atomic E-state index is 0.453. The molecule has 0 unspecified atom stereocenters. The van der Waals surface area contributed by atoms with Crippen LogP contribution in [0, 0.1) is 6.92 Å². The number of rotatable bonds is 5. The van der Waals surface area contributed by atoms with Gasteiger partial charge in [0.05, 0.1) is 5.69 Å². The molecule has 0 saturated heterocycles. The summed E-state index contributed by atoms with van der Waals surface area (Å²) >= 11 is 0. The van der Waals surface area contributed by atoms with Crippen molar-refractivity contribution in [3.63, 3.8) is 0 Å². The van der Waals surface area contributed by atoms with Gasteiger partial charge in [-0.25, -0.2) is 0 Å². The van der Waals surface area contributed by atoms with Crippen LogP contribution in [-0.2, 0) is 11.2 Å². The van der Waals surface area contributed by atoms with E-state index in [1.54, 1.807) is 0 Å². The molecule has 14 heavy (non-hydrogen) atoms. The maximum Gasteiger partial charge on any atom is 0.320 e. The molecule has 1 aromatic heterocycles. The first-order valence-electron chi connectivity index (χ1n) is 4.50. The summed E-state index contributed by atoms with van der Waals surface area (Å²) in [4.78, 5) is 10.4. The van der Waals surface area contributed by atoms with Crippen molar-refractivity contribution in [2.45, 2.75) is 32.2 Å². The predicted molar refractivity (Wildman–Crippen MR) is 49.8 cm³/mol. The third-order valence-corrected chi connectivity index (χ3v) is 1.93. The van der Waals surface area contributed by atoms with Crippen LogP contribution in [0.5, 0.6) is 0 Å². The molecule has 3 N–H and O–H groups in total. The number of carbonyl (C=O) groups is 1. The Morgan fingerprint density at radius 1 is 1.79 bits per heavy atom. The van der Waals surface area contributed by atoms with Gasteiger partial charge in [0, 0.05) is 12.5 Å². The molecule has 1 atom stereocenters. The summed E-state index contributed by atoms with van der Waals surface area (Å²) in [6, 6.07) is 1.06. The fourth-order valence-corrected chi connectivity index (χ4v) is 1.15. The van der Waals surface area contributed by atoms with E-state index < -0.39 is 12.0 Å². The van der Waals surface area contributed by atoms with E-state index in [1.165, 1.54) is 0 Å². The Morgan fingerprint density at radius 2 is 2.50 bits per heavy atom. The van der Waals surface area contributed by atoms with Crippen LogP contribution in [0.4, 0.5) is 0 Å². The number of aromatic nitrogens is 1. The van der Waals surface area contributed by atoms with Gasteiger partial charge in [-0.3, -0.25) is 4.79 Å². The van der Waals surface area contributed by atoms with Crippen LogP contribution in [-0.4, -0.2) is 22.3 Å². The largest absolute Gasteiger partial charge is 0.480 e. The molecule has 0 aliphatic rings. The standard InChI is InChI=1S/C9H14N2O3/c1-6-5-7(14-11-6)3-2-4-8(10)9(12)13/h5,8H,2-4,10H2,1H3,(H,12,13)/t8-/m0/s1. The Morgan fingerprint density at radius 3 is 3.00 bits per heavy atom. The molecule has 0 fully saturated rings. The Hall–Kier alpha value is -1.36. The molecule has 5 heteroatoms. The highest BCUT2D eigenvalue weighted by molar-refractivity contribution is 5.72. The minimum atomic E-state index is -0.959. The van der Waals surface area contributed by atoms with Crippen molar-refractivity contribution in [3.05, 3.63) is 17.5 Å². The van der Waals surface area contributed by atoms with E-state index in [9.17, 15) is 4.79 Å². The number of carboxylic acids is 1. The second-order valence-corrected chi connectivity index (χ2v) is 3.27. The Bertz CT molecular complexity index is 309. The average molecular weight is 198 g/mol. The average Bonchev–Trinajstić information content (AvgIpc) is 2.51. The first-order valence-corrected chi connectivity index (χ1v) is 4.50. The van der Waals surface area contributed by atoms with E-state index in [2.05, 4.69) is 5.16 Å². The first-order chi connectivity index (χ1) is 6.59. The monoisotopic (exact) mass is 198 g/mol. The number of hydrogen-bond acceptors (Lipinski definition) is 4. The highest BCUT2D eigenvalue weighted by atomic mass is 16.5. The topological polar surface area (TPSA) is 89.4 Å². The highest BCUT2D eigenvalue weighted by Crippen LogP contribution is 2.07. The molecule has 0 saturated carbocycles. The van der Waals surface area contributed by atoms with Gasteiger partial charge < -0.3 is 15.4 Å². The van der Waals surface area contributed by atoms with E-state index in [-0.39, 0.29) is 0 Å². The molecule has 0 spiro atoms. The maximum absolute atomic E-state index is 10.4. The Kier molecular flexibility index (Phi) is 3.64. The minimum Gasteiger partial charge on any atom is -0.480 e. The quantitative estimate of drug-likeness (QED) is 0.727. The third-order valence-electron chi connectivity index (χ3n) is 1.93. The van der Waals surface area contributed by atoms with Crippen molar-refractivity contribution in [2.75, 3.05) is 0 Å². The van der Waals surface area contributed by atoms with Crippen molar-refractivity contribution in [2.24, 2.45) is 5.73 Å². The maximum atomic E-state index is 10.4. The summed E-state index contributed by atoms with van der Waals surface area (Å²) in [5.74, 6) is -0.182. The van der Waals surface area contributed by atoms with E-state index in [4.69, 9.17) is 15.4 Å². The van der Waals surface area contributed by atoms with Crippen LogP contribution >= 0.6 is 0 Å². The van der Waals surface area contributed by atoms with E-state index in [1.807, 2.05) is 13.0 Å². The third kappa shape index (κ3) is 3.18. The van der Waals surface area contributed by atoms with Gasteiger partial charge in [-0.15, -0.1) is 0 Å². The molecule has 0 bridgehead atoms. The van der Waals surface area contributed by atoms with Crippen molar-refractivity contribution >= 4 is 5.97 Å². The molecule has 0 amide bonds. The molecule has 0 aliphatic heterocycles. The molecule has 5 nitrogen and oxygen atoms in total. The molecule has 1 aromatic rings. The second kappa shape index (κ2) is 4.76. The van der Waals surface area contributed by atoms with Gasteiger partial charge >= 0.3 is 5.97 Å². The zero-order chi connectivity index (χ0) is 10.6. The van der Waals surface area contributed by atoms with Crippen LogP contribution < -0.4 is 5.73 Å². The SMILES string of the molecule is Cc1cc(CCC[C@H](N)C(=O)O)on1. The van der Waals surface area contributed by atoms with E-state index in [0.717, 1.165) is 11.5 Å². The molecule has 0 aliphatic carbocycles. The van der Waals surface area contributed by atoms with Gasteiger partial charge in [0.25, 0.3) is 0 Å². The van der Waals surface area contributed by atoms with Crippen molar-refractivity contribution in [1.82, 2.24) is 5.16 Å². The van der Waals surface area contributed by atoms with Gasteiger partial charge in [-0.2, -0.15) is 0 Å². The summed E-state index contributed by atoms with van der Waals surface area (Å²) < 4.78 is 4.97. The first kappa shape index (κ1) is 10.7. The molecular weight excluding hydrogens is 184 g/mol. The van der Waals surface area contributed by atoms with Crippen molar-refractivity contribution < 1.29 is 14.4 Å². The van der Waals surface area contributed by atoms with Gasteiger partial charge in [-0.1, -0.05) is 5.16 Å². The number of hydrogen-bond donors (Lipinski definition) is 2. The number of aryl methyl sites for hydroxylation is 2. The predicted octanol–water partition coefficient (Wildman–Crippen LogP) is 0.718. The van der Waals surface area contributed by atoms with Crippen molar-refractivity contribution in [3.8, 4) is 0 Å². The smallest absolute Gasteiger partial charge is 0.320 e. The fourth-order valence-electron chi connectivity index (χ4n) is 1.15. The lowest BCUT2D eigenvalue weighted by Crippen LogP contribution is -2.29. The lowest BCUT2D eigenvalue weighted by atomic mass is 10.1. The van der Waals surface area contributed by atoms with Gasteiger partial charge in [0.1, 0.15) is 11.8 Å². The highest BCUT2D eigenvalue weighted by Gasteiger charge is 2.11. The van der Waals surface area contributed by atoms with Crippen molar-refractivity contribution in [1.29, 1.82) is 0 Å². The normalized spacial score (nSPS) is 12.7. The zero-order valence-electron chi connectivity index (χ0n) is 8.06. The lowest BCUT2D eigenvalue weighted by molar-refractivity contribution is -0.138. The molecule has 0 radical (unpaired) electrons. The number of nitrogens with two attached hydrogens (primary N) is 1. The summed E-state index contributed by atoms with van der Waals surface area (Å²) in [6.45, 7) is 1.84. The molecular formula is C9H14N2O3. The Labute approximate surface area is 81.9 Å². The number of aliphatic carboxylic acids is 1. The van der Waals surface area contributed by atoms with Gasteiger partial charge in [0.15, 0.2) is 0 Å². The fraction of sp³-hybridized carbons (Fsp3) is 0.556. The molecule has 1 rings (SSSR count). The zero-order valence-corrected chi connectivity index (χ0v) is 8.06. The van der Waals surface area contributed by atoms with Crippen LogP contribution in [0.15, 0.2) is 10.6 Å². The Balaban J connectivity index is 2.25. The van der Waals surface area contributed by atoms with Gasteiger partial charge in [0.2, 0.25) is 0 Å². The van der Waals surface area contributed by atoms with Crippen LogP contribution in [0.2, 0.25) is 0 Å². The molecule has 0 aromatic carbocycles. The van der Waals surface area contributed by atoms with E-state index >= 15 is 0 Å². The number of carboxylic acid groups (broad SMARTS) is 1. The van der Waals surface area contributed by atoms with Crippen LogP contribution in [0.25, 0.3) is 0 Å². The number of nitrogens with zero attached hydrogens (tertiary/aromatic N) is 1. The second-order valence-electron chi connectivity index (χ2n) is 3.27. The van der Waals surface area contributed by atoms with Crippen LogP contribution in [0.1, 0.15) is 24.3 Å². The summed E-state index contributed by atoms with van der Waals surface area (Å²) in [5, 5.41) is 12.2. The summed E-state index contributed by atoms with van der Waals surface area (Å²) in [7, 11) is 0. The summed E-state index contributed by atoms with van der Waals surface area (Å²) in [6.07, 6.45) is 1.83. The van der Waals surface area contributed by atoms with Gasteiger partial charge in [-0.05, 0) is 19.8 Å². The lowest BCUT2D eigenvalue weighted by Gasteiger charge is -2.03. The van der Waals surface area contributed by atoms with Crippen LogP contribution in [0.3, 0.4) is 0 Å². The summed E-state index contributed by atoms with van der Waals surface area (Å²) in [5.41, 5.74) is 6.18.